The van der Waals surface area contributed by atoms with Crippen molar-refractivity contribution in [3.8, 4) is 5.75 Å². The van der Waals surface area contributed by atoms with Gasteiger partial charge in [-0.1, -0.05) is 12.1 Å². The van der Waals surface area contributed by atoms with E-state index in [0.29, 0.717) is 11.6 Å². The Hall–Kier alpha value is -4.64. The number of allylic oxidation sites excluding steroid dienone is 2. The van der Waals surface area contributed by atoms with Crippen LogP contribution in [0.3, 0.4) is 0 Å². The van der Waals surface area contributed by atoms with Crippen LogP contribution >= 0.6 is 0 Å². The Morgan fingerprint density at radius 1 is 1.06 bits per heavy atom. The minimum absolute atomic E-state index is 0.0178. The van der Waals surface area contributed by atoms with Crippen LogP contribution in [0.5, 0.6) is 5.75 Å². The predicted molar refractivity (Wildman–Crippen MR) is 117 cm³/mol. The molecule has 4 rings (SSSR count). The molecule has 1 N–H and O–H groups in total. The van der Waals surface area contributed by atoms with Gasteiger partial charge >= 0.3 is 5.97 Å². The Kier molecular flexibility index (Phi) is 5.08. The average Bonchev–Trinajstić information content (AvgIpc) is 3.10. The van der Waals surface area contributed by atoms with Crippen LogP contribution in [0.25, 0.3) is 4.85 Å². The summed E-state index contributed by atoms with van der Waals surface area (Å²) in [6.45, 7) is 8.98. The van der Waals surface area contributed by atoms with Gasteiger partial charge in [-0.2, -0.15) is 0 Å². The number of benzene rings is 2. The number of rotatable bonds is 3. The largest absolute Gasteiger partial charge is 0.478 e. The Morgan fingerprint density at radius 3 is 2.38 bits per heavy atom. The van der Waals surface area contributed by atoms with Crippen molar-refractivity contribution in [2.75, 3.05) is 16.8 Å². The summed E-state index contributed by atoms with van der Waals surface area (Å²) < 4.78 is 5.82. The number of aromatic carboxylic acids is 1. The summed E-state index contributed by atoms with van der Waals surface area (Å²) in [5.41, 5.74) is 1.32. The Balaban J connectivity index is 1.74. The molecule has 0 saturated heterocycles. The zero-order valence-electron chi connectivity index (χ0n) is 17.2. The molecule has 0 radical (unpaired) electrons. The first-order valence-electron chi connectivity index (χ1n) is 9.57. The van der Waals surface area contributed by atoms with Gasteiger partial charge in [0, 0.05) is 12.6 Å². The minimum Gasteiger partial charge on any atom is -0.478 e. The van der Waals surface area contributed by atoms with Gasteiger partial charge in [0.25, 0.3) is 17.5 Å². The highest BCUT2D eigenvalue weighted by Crippen LogP contribution is 2.37. The van der Waals surface area contributed by atoms with Crippen LogP contribution < -0.4 is 14.5 Å². The molecule has 2 aromatic carbocycles. The molecule has 2 aliphatic rings. The molecule has 2 aliphatic heterocycles. The first-order valence-corrected chi connectivity index (χ1v) is 9.57. The molecule has 2 amide bonds. The summed E-state index contributed by atoms with van der Waals surface area (Å²) in [5, 5.41) is 9.08. The van der Waals surface area contributed by atoms with E-state index in [1.807, 2.05) is 36.2 Å². The molecule has 0 saturated carbocycles. The molecule has 0 fully saturated rings. The normalized spacial score (nSPS) is 18.2. The van der Waals surface area contributed by atoms with Crippen LogP contribution in [0.2, 0.25) is 0 Å². The van der Waals surface area contributed by atoms with Gasteiger partial charge in [0.15, 0.2) is 11.6 Å². The van der Waals surface area contributed by atoms with Gasteiger partial charge < -0.3 is 14.7 Å². The lowest BCUT2D eigenvalue weighted by Gasteiger charge is -2.27. The number of carboxylic acid groups (broad SMARTS) is 1. The molecule has 0 unspecified atom stereocenters. The van der Waals surface area contributed by atoms with Crippen molar-refractivity contribution in [2.45, 2.75) is 6.92 Å². The smallest absolute Gasteiger partial charge is 0.335 e. The van der Waals surface area contributed by atoms with Crippen LogP contribution in [0, 0.1) is 6.57 Å². The molecule has 0 spiro atoms. The second kappa shape index (κ2) is 7.89. The number of amides is 2. The SMILES string of the molecule is [C-]#[N+]C1=C(C)/C(=C/C=C2Oc3ccccc3N2C)C(=O)N(c2ccc(C(=O)O)cc2)C1=O. The van der Waals surface area contributed by atoms with Crippen molar-refractivity contribution in [2.24, 2.45) is 0 Å². The summed E-state index contributed by atoms with van der Waals surface area (Å²) in [4.78, 5) is 43.2. The number of anilines is 2. The Bertz CT molecular complexity index is 1300. The van der Waals surface area contributed by atoms with E-state index in [0.717, 1.165) is 10.6 Å². The van der Waals surface area contributed by atoms with Crippen molar-refractivity contribution in [3.63, 3.8) is 0 Å². The van der Waals surface area contributed by atoms with Crippen LogP contribution in [-0.4, -0.2) is 29.9 Å². The van der Waals surface area contributed by atoms with Crippen molar-refractivity contribution in [3.05, 3.63) is 100 Å². The molecule has 0 atom stereocenters. The third kappa shape index (κ3) is 3.32. The van der Waals surface area contributed by atoms with E-state index >= 15 is 0 Å². The highest BCUT2D eigenvalue weighted by Gasteiger charge is 2.36. The zero-order valence-corrected chi connectivity index (χ0v) is 17.2. The standard InChI is InChI=1S/C24H17N3O5/c1-14-17(12-13-20-26(3)18-6-4-5-7-19(18)32-20)22(28)27(23(29)21(14)25-2)16-10-8-15(9-11-16)24(30)31/h4-13H,1,3H3,(H,30,31)/b17-12-,20-13?. The fourth-order valence-corrected chi connectivity index (χ4v) is 3.50. The fraction of sp³-hybridized carbons (Fsp3) is 0.0833. The van der Waals surface area contributed by atoms with Crippen LogP contribution in [0.1, 0.15) is 17.3 Å². The first kappa shape index (κ1) is 20.6. The molecule has 0 aliphatic carbocycles. The highest BCUT2D eigenvalue weighted by molar-refractivity contribution is 6.30. The van der Waals surface area contributed by atoms with Gasteiger partial charge in [0.1, 0.15) is 0 Å². The second-order valence-corrected chi connectivity index (χ2v) is 7.10. The lowest BCUT2D eigenvalue weighted by atomic mass is 9.97. The predicted octanol–water partition coefficient (Wildman–Crippen LogP) is 3.75. The monoisotopic (exact) mass is 427 g/mol. The first-order chi connectivity index (χ1) is 15.3. The molecule has 0 aromatic heterocycles. The summed E-state index contributed by atoms with van der Waals surface area (Å²) in [7, 11) is 1.83. The van der Waals surface area contributed by atoms with Crippen LogP contribution in [0.4, 0.5) is 11.4 Å². The molecule has 8 nitrogen and oxygen atoms in total. The van der Waals surface area contributed by atoms with Crippen LogP contribution in [-0.2, 0) is 9.59 Å². The third-order valence-corrected chi connectivity index (χ3v) is 5.25. The van der Waals surface area contributed by atoms with E-state index in [1.54, 1.807) is 13.0 Å². The molecule has 2 heterocycles. The highest BCUT2D eigenvalue weighted by atomic mass is 16.5. The zero-order chi connectivity index (χ0) is 23.0. The summed E-state index contributed by atoms with van der Waals surface area (Å²) >= 11 is 0. The average molecular weight is 427 g/mol. The molecule has 8 heteroatoms. The quantitative estimate of drug-likeness (QED) is 0.456. The van der Waals surface area contributed by atoms with E-state index in [4.69, 9.17) is 16.4 Å². The molecule has 32 heavy (non-hydrogen) atoms. The number of hydrogen-bond acceptors (Lipinski definition) is 5. The number of ether oxygens (including phenoxy) is 1. The number of hydrogen-bond donors (Lipinski definition) is 1. The summed E-state index contributed by atoms with van der Waals surface area (Å²) in [6.07, 6.45) is 3.13. The number of nitrogens with zero attached hydrogens (tertiary/aromatic N) is 3. The van der Waals surface area contributed by atoms with E-state index in [1.165, 1.54) is 30.3 Å². The maximum atomic E-state index is 13.2. The van der Waals surface area contributed by atoms with Gasteiger partial charge in [0.2, 0.25) is 0 Å². The van der Waals surface area contributed by atoms with Crippen molar-refractivity contribution < 1.29 is 24.2 Å². The number of imide groups is 1. The van der Waals surface area contributed by atoms with Crippen molar-refractivity contribution in [1.82, 2.24) is 0 Å². The maximum absolute atomic E-state index is 13.2. The second-order valence-electron chi connectivity index (χ2n) is 7.10. The summed E-state index contributed by atoms with van der Waals surface area (Å²) in [5.74, 6) is -1.33. The van der Waals surface area contributed by atoms with E-state index in [-0.39, 0.29) is 28.1 Å². The lowest BCUT2D eigenvalue weighted by molar-refractivity contribution is -0.123. The molecular formula is C24H17N3O5. The number of carbonyl (C=O) groups is 3. The van der Waals surface area contributed by atoms with Crippen LogP contribution in [0.15, 0.2) is 83.4 Å². The molecule has 2 aromatic rings. The van der Waals surface area contributed by atoms with Crippen molar-refractivity contribution in [1.29, 1.82) is 0 Å². The molecule has 158 valence electrons. The Morgan fingerprint density at radius 2 is 1.75 bits per heavy atom. The number of carboxylic acids is 1. The summed E-state index contributed by atoms with van der Waals surface area (Å²) in [6, 6.07) is 12.8. The number of carbonyl (C=O) groups excluding carboxylic acids is 2. The number of para-hydroxylation sites is 2. The topological polar surface area (TPSA) is 91.5 Å². The fourth-order valence-electron chi connectivity index (χ4n) is 3.50. The van der Waals surface area contributed by atoms with Gasteiger partial charge in [-0.05, 0) is 61.0 Å². The van der Waals surface area contributed by atoms with Gasteiger partial charge in [-0.15, -0.1) is 0 Å². The Labute approximate surface area is 183 Å². The van der Waals surface area contributed by atoms with Crippen molar-refractivity contribution >= 4 is 29.2 Å². The van der Waals surface area contributed by atoms with E-state index in [2.05, 4.69) is 4.85 Å². The third-order valence-electron chi connectivity index (χ3n) is 5.25. The van der Waals surface area contributed by atoms with Gasteiger partial charge in [-0.25, -0.2) is 9.64 Å². The van der Waals surface area contributed by atoms with E-state index in [9.17, 15) is 14.4 Å². The van der Waals surface area contributed by atoms with Gasteiger partial charge in [-0.3, -0.25) is 14.5 Å². The van der Waals surface area contributed by atoms with E-state index < -0.39 is 17.8 Å². The molecule has 0 bridgehead atoms. The van der Waals surface area contributed by atoms with Gasteiger partial charge in [0.05, 0.1) is 23.5 Å². The molecular weight excluding hydrogens is 410 g/mol. The maximum Gasteiger partial charge on any atom is 0.335 e. The lowest BCUT2D eigenvalue weighted by Crippen LogP contribution is -2.42. The number of fused-ring (bicyclic) bond motifs is 1. The minimum atomic E-state index is -1.13.